The van der Waals surface area contributed by atoms with E-state index >= 15 is 0 Å². The number of para-hydroxylation sites is 4. The first-order valence-electron chi connectivity index (χ1n) is 24.2. The number of benzene rings is 11. The number of nitrogens with zero attached hydrogens (tertiary/aromatic N) is 3. The molecular weight excluding hydrogens is 863 g/mol. The smallest absolute Gasteiger partial charge is 0.179 e. The molecule has 0 saturated carbocycles. The van der Waals surface area contributed by atoms with Gasteiger partial charge in [-0.25, -0.2) is 0 Å². The van der Waals surface area contributed by atoms with Crippen molar-refractivity contribution in [1.29, 1.82) is 0 Å². The standard InChI is InChI=1S/C66H45N3Si/c1-5-21-46(22-6-1)47-23-19-24-48(43-47)68-64-44-49(39-41-58(64)59-34-20-38-63(66(59)68)69-61-36-17-14-31-54(61)55-32-15-18-37-62(55)69)67-60-35-16-13-33-56(60)57-42-40-53(45-65(57)67)70(50-25-7-2-8-26-50,51-27-9-3-10-28-51)52-29-11-4-12-30-52/h1-45H. The van der Waals surface area contributed by atoms with Gasteiger partial charge in [-0.2, -0.15) is 0 Å². The summed E-state index contributed by atoms with van der Waals surface area (Å²) in [6.45, 7) is 0. The first kappa shape index (κ1) is 40.1. The molecule has 0 aliphatic carbocycles. The lowest BCUT2D eigenvalue weighted by molar-refractivity contribution is 1.12. The summed E-state index contributed by atoms with van der Waals surface area (Å²) in [6, 6.07) is 101. The van der Waals surface area contributed by atoms with E-state index in [1.807, 2.05) is 0 Å². The highest BCUT2D eigenvalue weighted by Crippen LogP contribution is 2.42. The Kier molecular flexibility index (Phi) is 9.23. The SMILES string of the molecule is c1ccc(-c2cccc(-n3c4cc(-n5c6ccccc6c6ccc([Si](c7ccccc7)(c7ccccc7)c7ccccc7)cc65)ccc4c4cccc(-n5c6ccccc6c6ccccc65)c43)c2)cc1. The molecular formula is C66H45N3Si. The summed E-state index contributed by atoms with van der Waals surface area (Å²) < 4.78 is 7.52. The van der Waals surface area contributed by atoms with Gasteiger partial charge in [-0.15, -0.1) is 0 Å². The highest BCUT2D eigenvalue weighted by Gasteiger charge is 2.41. The molecule has 70 heavy (non-hydrogen) atoms. The van der Waals surface area contributed by atoms with Gasteiger partial charge in [-0.05, 0) is 86.5 Å². The summed E-state index contributed by atoms with van der Waals surface area (Å²) in [4.78, 5) is 0. The number of rotatable bonds is 8. The minimum Gasteiger partial charge on any atom is -0.309 e. The highest BCUT2D eigenvalue weighted by atomic mass is 28.3. The number of hydrogen-bond donors (Lipinski definition) is 0. The van der Waals surface area contributed by atoms with E-state index in [0.717, 1.165) is 22.6 Å². The first-order chi connectivity index (χ1) is 34.8. The van der Waals surface area contributed by atoms with Crippen LogP contribution in [-0.4, -0.2) is 21.8 Å². The van der Waals surface area contributed by atoms with Crippen molar-refractivity contribution in [3.63, 3.8) is 0 Å². The molecule has 0 amide bonds. The molecule has 11 aromatic carbocycles. The summed E-state index contributed by atoms with van der Waals surface area (Å²) in [5.74, 6) is 0. The maximum absolute atomic E-state index is 2.83. The Bertz CT molecular complexity index is 4130. The van der Waals surface area contributed by atoms with E-state index in [9.17, 15) is 0 Å². The van der Waals surface area contributed by atoms with Gasteiger partial charge in [0, 0.05) is 43.7 Å². The molecule has 0 aliphatic rings. The Morgan fingerprint density at radius 3 is 1.26 bits per heavy atom. The molecule has 0 atom stereocenters. The van der Waals surface area contributed by atoms with Gasteiger partial charge in [-0.1, -0.05) is 218 Å². The van der Waals surface area contributed by atoms with E-state index < -0.39 is 8.07 Å². The van der Waals surface area contributed by atoms with Crippen LogP contribution in [0, 0.1) is 0 Å². The molecule has 14 rings (SSSR count). The van der Waals surface area contributed by atoms with Crippen molar-refractivity contribution in [3.8, 4) is 28.2 Å². The number of aromatic nitrogens is 3. The molecule has 0 unspecified atom stereocenters. The summed E-state index contributed by atoms with van der Waals surface area (Å²) in [5.41, 5.74) is 12.8. The Morgan fingerprint density at radius 1 is 0.229 bits per heavy atom. The first-order valence-corrected chi connectivity index (χ1v) is 26.2. The van der Waals surface area contributed by atoms with Gasteiger partial charge in [0.05, 0.1) is 38.8 Å². The van der Waals surface area contributed by atoms with E-state index in [1.54, 1.807) is 0 Å². The fourth-order valence-corrected chi connectivity index (χ4v) is 16.6. The van der Waals surface area contributed by atoms with E-state index in [2.05, 4.69) is 287 Å². The topological polar surface area (TPSA) is 14.8 Å². The molecule has 0 saturated heterocycles. The zero-order chi connectivity index (χ0) is 46.2. The van der Waals surface area contributed by atoms with Crippen LogP contribution in [0.3, 0.4) is 0 Å². The molecule has 14 aromatic rings. The van der Waals surface area contributed by atoms with Gasteiger partial charge in [0.1, 0.15) is 0 Å². The van der Waals surface area contributed by atoms with E-state index in [-0.39, 0.29) is 0 Å². The zero-order valence-electron chi connectivity index (χ0n) is 38.3. The molecule has 4 heteroatoms. The van der Waals surface area contributed by atoms with Crippen LogP contribution >= 0.6 is 0 Å². The molecule has 0 radical (unpaired) electrons. The van der Waals surface area contributed by atoms with Gasteiger partial charge in [0.15, 0.2) is 8.07 Å². The molecule has 3 aromatic heterocycles. The molecule has 328 valence electrons. The Morgan fingerprint density at radius 2 is 0.657 bits per heavy atom. The van der Waals surface area contributed by atoms with Crippen LogP contribution < -0.4 is 20.7 Å². The maximum atomic E-state index is 2.53. The second-order valence-electron chi connectivity index (χ2n) is 18.4. The van der Waals surface area contributed by atoms with Crippen molar-refractivity contribution in [2.45, 2.75) is 0 Å². The number of fused-ring (bicyclic) bond motifs is 9. The Labute approximate surface area is 407 Å². The molecule has 0 fully saturated rings. The summed E-state index contributed by atoms with van der Waals surface area (Å²) >= 11 is 0. The minimum absolute atomic E-state index is 1.11. The molecule has 0 spiro atoms. The maximum Gasteiger partial charge on any atom is 0.179 e. The van der Waals surface area contributed by atoms with Crippen molar-refractivity contribution in [3.05, 3.63) is 273 Å². The predicted molar refractivity (Wildman–Crippen MR) is 299 cm³/mol. The lowest BCUT2D eigenvalue weighted by Gasteiger charge is -2.34. The molecule has 0 bridgehead atoms. The predicted octanol–water partition coefficient (Wildman–Crippen LogP) is 14.0. The largest absolute Gasteiger partial charge is 0.309 e. The van der Waals surface area contributed by atoms with Gasteiger partial charge < -0.3 is 13.7 Å². The van der Waals surface area contributed by atoms with Gasteiger partial charge >= 0.3 is 0 Å². The van der Waals surface area contributed by atoms with Crippen LogP contribution in [0.4, 0.5) is 0 Å². The average molecular weight is 908 g/mol. The Balaban J connectivity index is 1.08. The molecule has 3 heterocycles. The highest BCUT2D eigenvalue weighted by molar-refractivity contribution is 7.20. The van der Waals surface area contributed by atoms with Crippen molar-refractivity contribution in [2.75, 3.05) is 0 Å². The van der Waals surface area contributed by atoms with Gasteiger partial charge in [-0.3, -0.25) is 0 Å². The van der Waals surface area contributed by atoms with Crippen molar-refractivity contribution >= 4 is 94.2 Å². The Hall–Kier alpha value is -8.96. The second kappa shape index (κ2) is 16.1. The van der Waals surface area contributed by atoms with Gasteiger partial charge in [0.2, 0.25) is 0 Å². The van der Waals surface area contributed by atoms with Gasteiger partial charge in [0.25, 0.3) is 0 Å². The van der Waals surface area contributed by atoms with E-state index in [0.29, 0.717) is 0 Å². The quantitative estimate of drug-likeness (QED) is 0.107. The second-order valence-corrected chi connectivity index (χ2v) is 22.2. The fourth-order valence-electron chi connectivity index (χ4n) is 11.8. The third-order valence-corrected chi connectivity index (χ3v) is 19.5. The molecule has 3 nitrogen and oxygen atoms in total. The third-order valence-electron chi connectivity index (χ3n) is 14.8. The monoisotopic (exact) mass is 907 g/mol. The molecule has 0 aliphatic heterocycles. The summed E-state index contributed by atoms with van der Waals surface area (Å²) in [5, 5.41) is 12.8. The van der Waals surface area contributed by atoms with Crippen LogP contribution in [-0.2, 0) is 0 Å². The van der Waals surface area contributed by atoms with E-state index in [1.165, 1.54) is 91.8 Å². The zero-order valence-corrected chi connectivity index (χ0v) is 39.3. The lowest BCUT2D eigenvalue weighted by Crippen LogP contribution is -2.74. The minimum atomic E-state index is -2.83. The van der Waals surface area contributed by atoms with Crippen LogP contribution in [0.2, 0.25) is 0 Å². The van der Waals surface area contributed by atoms with Crippen LogP contribution in [0.25, 0.3) is 93.6 Å². The summed E-state index contributed by atoms with van der Waals surface area (Å²) in [7, 11) is -2.83. The normalized spacial score (nSPS) is 12.0. The van der Waals surface area contributed by atoms with Crippen molar-refractivity contribution in [2.24, 2.45) is 0 Å². The van der Waals surface area contributed by atoms with E-state index in [4.69, 9.17) is 0 Å². The summed E-state index contributed by atoms with van der Waals surface area (Å²) in [6.07, 6.45) is 0. The molecule has 0 N–H and O–H groups in total. The van der Waals surface area contributed by atoms with Crippen LogP contribution in [0.1, 0.15) is 0 Å². The average Bonchev–Trinajstić information content (AvgIpc) is 4.08. The van der Waals surface area contributed by atoms with Crippen molar-refractivity contribution in [1.82, 2.24) is 13.7 Å². The fraction of sp³-hybridized carbons (Fsp3) is 0. The van der Waals surface area contributed by atoms with Crippen LogP contribution in [0.5, 0.6) is 0 Å². The third kappa shape index (κ3) is 6.00. The number of hydrogen-bond acceptors (Lipinski definition) is 0. The van der Waals surface area contributed by atoms with Crippen LogP contribution in [0.15, 0.2) is 273 Å². The van der Waals surface area contributed by atoms with Crippen molar-refractivity contribution < 1.29 is 0 Å². The lowest BCUT2D eigenvalue weighted by atomic mass is 10.1.